The predicted molar refractivity (Wildman–Crippen MR) is 117 cm³/mol. The molecule has 0 spiro atoms. The van der Waals surface area contributed by atoms with Crippen molar-refractivity contribution in [2.24, 2.45) is 0 Å². The summed E-state index contributed by atoms with van der Waals surface area (Å²) < 4.78 is 11.6. The summed E-state index contributed by atoms with van der Waals surface area (Å²) in [4.78, 5) is 29.6. The van der Waals surface area contributed by atoms with Crippen molar-refractivity contribution in [3.63, 3.8) is 0 Å². The zero-order chi connectivity index (χ0) is 22.3. The third kappa shape index (κ3) is 4.62. The van der Waals surface area contributed by atoms with E-state index in [1.54, 1.807) is 12.1 Å². The Kier molecular flexibility index (Phi) is 8.35. The number of ether oxygens (including phenoxy) is 2. The van der Waals surface area contributed by atoms with Gasteiger partial charge in [0.05, 0.1) is 24.6 Å². The summed E-state index contributed by atoms with van der Waals surface area (Å²) in [6.45, 7) is 12.4. The molecule has 162 valence electrons. The van der Waals surface area contributed by atoms with E-state index in [4.69, 9.17) is 9.47 Å². The topological polar surface area (TPSA) is 80.8 Å². The largest absolute Gasteiger partial charge is 0.439 e. The van der Waals surface area contributed by atoms with Gasteiger partial charge >= 0.3 is 6.03 Å². The summed E-state index contributed by atoms with van der Waals surface area (Å²) >= 11 is 0. The van der Waals surface area contributed by atoms with E-state index in [1.807, 2.05) is 59.7 Å². The lowest BCUT2D eigenvalue weighted by Gasteiger charge is -2.14. The average Bonchev–Trinajstić information content (AvgIpc) is 3.31. The first-order valence-corrected chi connectivity index (χ1v) is 10.6. The molecule has 2 atom stereocenters. The molecule has 3 heterocycles. The molecule has 0 bridgehead atoms. The number of aromatic nitrogens is 1. The van der Waals surface area contributed by atoms with Crippen molar-refractivity contribution in [1.29, 1.82) is 0 Å². The van der Waals surface area contributed by atoms with Gasteiger partial charge in [-0.25, -0.2) is 14.7 Å². The van der Waals surface area contributed by atoms with Crippen molar-refractivity contribution >= 4 is 17.6 Å². The van der Waals surface area contributed by atoms with E-state index in [1.165, 1.54) is 6.20 Å². The summed E-state index contributed by atoms with van der Waals surface area (Å²) in [5, 5.41) is 2.65. The van der Waals surface area contributed by atoms with Crippen LogP contribution in [0.25, 0.3) is 0 Å². The summed E-state index contributed by atoms with van der Waals surface area (Å²) in [6.07, 6.45) is 1.99. The highest BCUT2D eigenvalue weighted by Gasteiger charge is 2.38. The molecule has 4 rings (SSSR count). The molecule has 7 heteroatoms. The fourth-order valence-electron chi connectivity index (χ4n) is 3.29. The third-order valence-corrected chi connectivity index (χ3v) is 4.67. The summed E-state index contributed by atoms with van der Waals surface area (Å²) in [5.74, 6) is 0.828. The SMILES string of the molecule is CC.CC.CC[C@H]1NC(=O)N(c2ccc(Oc3cccc4c3C(C)OC4)nc2)C1=O. The Morgan fingerprint density at radius 1 is 1.17 bits per heavy atom. The highest BCUT2D eigenvalue weighted by molar-refractivity contribution is 6.21. The second kappa shape index (κ2) is 10.7. The lowest BCUT2D eigenvalue weighted by molar-refractivity contribution is -0.118. The Bertz CT molecular complexity index is 867. The lowest BCUT2D eigenvalue weighted by atomic mass is 10.1. The number of fused-ring (bicyclic) bond motifs is 1. The maximum atomic E-state index is 12.3. The van der Waals surface area contributed by atoms with Crippen molar-refractivity contribution in [3.8, 4) is 11.6 Å². The smallest absolute Gasteiger partial charge is 0.329 e. The van der Waals surface area contributed by atoms with Crippen LogP contribution in [-0.2, 0) is 16.1 Å². The van der Waals surface area contributed by atoms with Crippen LogP contribution < -0.4 is 15.0 Å². The van der Waals surface area contributed by atoms with Crippen LogP contribution >= 0.6 is 0 Å². The molecular weight excluding hydrogens is 382 g/mol. The van der Waals surface area contributed by atoms with Crippen LogP contribution in [0.4, 0.5) is 10.5 Å². The van der Waals surface area contributed by atoms with Crippen LogP contribution in [0.3, 0.4) is 0 Å². The molecule has 2 aliphatic heterocycles. The Morgan fingerprint density at radius 2 is 1.90 bits per heavy atom. The molecule has 2 aliphatic rings. The standard InChI is InChI=1S/C19H19N3O4.2C2H6/c1-3-14-18(23)22(19(24)21-14)13-7-8-16(20-9-13)26-15-6-4-5-12-10-25-11(2)17(12)15;2*1-2/h4-9,11,14H,3,10H2,1-2H3,(H,21,24);2*1-2H3/t11?,14-;;/m1../s1. The molecule has 30 heavy (non-hydrogen) atoms. The number of nitrogens with one attached hydrogen (secondary N) is 1. The van der Waals surface area contributed by atoms with Crippen molar-refractivity contribution < 1.29 is 19.1 Å². The van der Waals surface area contributed by atoms with E-state index in [2.05, 4.69) is 10.3 Å². The molecule has 0 aliphatic carbocycles. The second-order valence-corrected chi connectivity index (χ2v) is 6.32. The number of pyridine rings is 1. The van der Waals surface area contributed by atoms with Gasteiger partial charge in [-0.15, -0.1) is 0 Å². The number of carbonyl (C=O) groups is 2. The van der Waals surface area contributed by atoms with E-state index in [0.29, 0.717) is 30.3 Å². The number of benzene rings is 1. The first-order valence-electron chi connectivity index (χ1n) is 10.6. The highest BCUT2D eigenvalue weighted by atomic mass is 16.5. The second-order valence-electron chi connectivity index (χ2n) is 6.32. The number of anilines is 1. The molecule has 1 aromatic carbocycles. The lowest BCUT2D eigenvalue weighted by Crippen LogP contribution is -2.31. The zero-order valence-electron chi connectivity index (χ0n) is 18.6. The Morgan fingerprint density at radius 3 is 2.50 bits per heavy atom. The number of nitrogens with zero attached hydrogens (tertiary/aromatic N) is 2. The monoisotopic (exact) mass is 413 g/mol. The molecule has 1 unspecified atom stereocenters. The third-order valence-electron chi connectivity index (χ3n) is 4.67. The van der Waals surface area contributed by atoms with Crippen molar-refractivity contribution in [2.75, 3.05) is 4.90 Å². The molecule has 7 nitrogen and oxygen atoms in total. The highest BCUT2D eigenvalue weighted by Crippen LogP contribution is 2.38. The quantitative estimate of drug-likeness (QED) is 0.683. The van der Waals surface area contributed by atoms with E-state index in [9.17, 15) is 9.59 Å². The van der Waals surface area contributed by atoms with Gasteiger partial charge < -0.3 is 14.8 Å². The van der Waals surface area contributed by atoms with Crippen LogP contribution in [-0.4, -0.2) is 23.0 Å². The molecule has 1 fully saturated rings. The van der Waals surface area contributed by atoms with Crippen LogP contribution in [0.15, 0.2) is 36.5 Å². The van der Waals surface area contributed by atoms with Crippen LogP contribution in [0.5, 0.6) is 11.6 Å². The number of urea groups is 1. The molecular formula is C23H31N3O4. The average molecular weight is 414 g/mol. The number of rotatable bonds is 4. The predicted octanol–water partition coefficient (Wildman–Crippen LogP) is 5.35. The van der Waals surface area contributed by atoms with Crippen molar-refractivity contribution in [3.05, 3.63) is 47.7 Å². The minimum absolute atomic E-state index is 0.0302. The van der Waals surface area contributed by atoms with E-state index >= 15 is 0 Å². The Balaban J connectivity index is 0.000000757. The van der Waals surface area contributed by atoms with Crippen LogP contribution in [0.2, 0.25) is 0 Å². The van der Waals surface area contributed by atoms with Gasteiger partial charge in [0.1, 0.15) is 11.8 Å². The fourth-order valence-corrected chi connectivity index (χ4v) is 3.29. The minimum atomic E-state index is -0.480. The van der Waals surface area contributed by atoms with E-state index in [0.717, 1.165) is 16.0 Å². The van der Waals surface area contributed by atoms with E-state index < -0.39 is 12.1 Å². The first-order chi connectivity index (χ1) is 14.6. The molecule has 2 aromatic rings. The van der Waals surface area contributed by atoms with Gasteiger partial charge in [-0.3, -0.25) is 4.79 Å². The summed E-state index contributed by atoms with van der Waals surface area (Å²) in [5.41, 5.74) is 2.56. The molecule has 0 saturated carbocycles. The molecule has 1 saturated heterocycles. The summed E-state index contributed by atoms with van der Waals surface area (Å²) in [7, 11) is 0. The molecule has 0 radical (unpaired) electrons. The Labute approximate surface area is 178 Å². The van der Waals surface area contributed by atoms with E-state index in [-0.39, 0.29) is 12.0 Å². The van der Waals surface area contributed by atoms with Gasteiger partial charge in [0, 0.05) is 11.6 Å². The van der Waals surface area contributed by atoms with Crippen LogP contribution in [0.1, 0.15) is 65.2 Å². The Hall–Kier alpha value is -2.93. The van der Waals surface area contributed by atoms with Gasteiger partial charge in [0.2, 0.25) is 5.88 Å². The number of hydrogen-bond donors (Lipinski definition) is 1. The number of imide groups is 1. The molecule has 1 aromatic heterocycles. The van der Waals surface area contributed by atoms with Gasteiger partial charge in [-0.2, -0.15) is 0 Å². The van der Waals surface area contributed by atoms with Crippen molar-refractivity contribution in [1.82, 2.24) is 10.3 Å². The minimum Gasteiger partial charge on any atom is -0.439 e. The fraction of sp³-hybridized carbons (Fsp3) is 0.435. The van der Waals surface area contributed by atoms with Gasteiger partial charge in [-0.1, -0.05) is 46.8 Å². The maximum absolute atomic E-state index is 12.3. The number of hydrogen-bond acceptors (Lipinski definition) is 5. The number of carbonyl (C=O) groups excluding carboxylic acids is 2. The van der Waals surface area contributed by atoms with Crippen molar-refractivity contribution in [2.45, 2.75) is 66.7 Å². The number of amides is 3. The zero-order valence-corrected chi connectivity index (χ0v) is 18.6. The molecule has 3 amide bonds. The van der Waals surface area contributed by atoms with Crippen LogP contribution in [0, 0.1) is 0 Å². The first kappa shape index (κ1) is 23.3. The van der Waals surface area contributed by atoms with Gasteiger partial charge in [0.15, 0.2) is 0 Å². The van der Waals surface area contributed by atoms with Gasteiger partial charge in [0.25, 0.3) is 5.91 Å². The maximum Gasteiger partial charge on any atom is 0.329 e. The molecule has 1 N–H and O–H groups in total. The normalized spacial score (nSPS) is 19.2. The summed E-state index contributed by atoms with van der Waals surface area (Å²) in [6, 6.07) is 8.21. The van der Waals surface area contributed by atoms with Gasteiger partial charge in [-0.05, 0) is 31.0 Å².